The highest BCUT2D eigenvalue weighted by Crippen LogP contribution is 2.24. The molecule has 0 radical (unpaired) electrons. The summed E-state index contributed by atoms with van der Waals surface area (Å²) in [7, 11) is 0. The van der Waals surface area contributed by atoms with Crippen LogP contribution in [0, 0.1) is 11.3 Å². The lowest BCUT2D eigenvalue weighted by Gasteiger charge is -2.27. The van der Waals surface area contributed by atoms with E-state index in [1.165, 1.54) is 12.8 Å². The summed E-state index contributed by atoms with van der Waals surface area (Å²) in [6.45, 7) is 0.614. The molecule has 2 rings (SSSR count). The van der Waals surface area contributed by atoms with E-state index in [1.807, 2.05) is 17.0 Å². The Kier molecular flexibility index (Phi) is 4.48. The summed E-state index contributed by atoms with van der Waals surface area (Å²) in [5.41, 5.74) is 1.32. The quantitative estimate of drug-likeness (QED) is 0.872. The second-order valence-electron chi connectivity index (χ2n) is 4.90. The molecule has 0 bridgehead atoms. The summed E-state index contributed by atoms with van der Waals surface area (Å²) < 4.78 is 0. The predicted octanol–water partition coefficient (Wildman–Crippen LogP) is 1.78. The van der Waals surface area contributed by atoms with Gasteiger partial charge in [0.05, 0.1) is 6.54 Å². The van der Waals surface area contributed by atoms with Crippen molar-refractivity contribution in [3.63, 3.8) is 0 Å². The first-order valence-corrected chi connectivity index (χ1v) is 6.50. The van der Waals surface area contributed by atoms with E-state index in [-0.39, 0.29) is 6.54 Å². The fourth-order valence-electron chi connectivity index (χ4n) is 2.63. The first-order valence-electron chi connectivity index (χ1n) is 6.50. The van der Waals surface area contributed by atoms with Crippen molar-refractivity contribution in [1.29, 1.82) is 5.26 Å². The first-order chi connectivity index (χ1) is 9.19. The number of carbonyl (C=O) groups is 1. The zero-order valence-corrected chi connectivity index (χ0v) is 10.7. The summed E-state index contributed by atoms with van der Waals surface area (Å²) in [4.78, 5) is 16.9. The molecule has 1 heterocycles. The predicted molar refractivity (Wildman–Crippen MR) is 69.3 cm³/mol. The lowest BCUT2D eigenvalue weighted by atomic mass is 10.1. The lowest BCUT2D eigenvalue weighted by molar-refractivity contribution is -0.139. The van der Waals surface area contributed by atoms with Crippen LogP contribution in [0.5, 0.6) is 0 Å². The van der Waals surface area contributed by atoms with Crippen molar-refractivity contribution in [2.24, 2.45) is 0 Å². The number of aromatic nitrogens is 1. The van der Waals surface area contributed by atoms with Crippen molar-refractivity contribution < 1.29 is 9.90 Å². The van der Waals surface area contributed by atoms with E-state index >= 15 is 0 Å². The van der Waals surface area contributed by atoms with Gasteiger partial charge in [0.2, 0.25) is 0 Å². The zero-order chi connectivity index (χ0) is 13.7. The summed E-state index contributed by atoms with van der Waals surface area (Å²) in [6.07, 6.45) is 6.05. The standard InChI is InChI=1S/C14H17N3O2/c15-8-12-7-11(5-6-16-12)9-17(10-14(18)19)13-3-1-2-4-13/h5-7,13H,1-4,9-10H2,(H,18,19). The maximum Gasteiger partial charge on any atom is 0.317 e. The van der Waals surface area contributed by atoms with Gasteiger partial charge in [-0.05, 0) is 30.5 Å². The van der Waals surface area contributed by atoms with Crippen LogP contribution in [-0.2, 0) is 11.3 Å². The molecule has 5 nitrogen and oxygen atoms in total. The van der Waals surface area contributed by atoms with Gasteiger partial charge in [0.15, 0.2) is 0 Å². The number of carboxylic acid groups (broad SMARTS) is 1. The number of rotatable bonds is 5. The molecule has 100 valence electrons. The Morgan fingerprint density at radius 1 is 1.53 bits per heavy atom. The fourth-order valence-corrected chi connectivity index (χ4v) is 2.63. The Morgan fingerprint density at radius 3 is 2.89 bits per heavy atom. The molecule has 0 atom stereocenters. The highest BCUT2D eigenvalue weighted by atomic mass is 16.4. The van der Waals surface area contributed by atoms with Crippen molar-refractivity contribution >= 4 is 5.97 Å². The molecular formula is C14H17N3O2. The van der Waals surface area contributed by atoms with E-state index in [4.69, 9.17) is 10.4 Å². The fraction of sp³-hybridized carbons (Fsp3) is 0.500. The van der Waals surface area contributed by atoms with E-state index in [0.29, 0.717) is 18.3 Å². The van der Waals surface area contributed by atoms with Gasteiger partial charge in [-0.15, -0.1) is 0 Å². The van der Waals surface area contributed by atoms with Crippen molar-refractivity contribution in [3.05, 3.63) is 29.6 Å². The molecule has 5 heteroatoms. The number of hydrogen-bond acceptors (Lipinski definition) is 4. The van der Waals surface area contributed by atoms with Crippen LogP contribution in [0.15, 0.2) is 18.3 Å². The topological polar surface area (TPSA) is 77.2 Å². The van der Waals surface area contributed by atoms with E-state index in [2.05, 4.69) is 4.98 Å². The molecule has 0 saturated heterocycles. The van der Waals surface area contributed by atoms with Crippen LogP contribution in [0.25, 0.3) is 0 Å². The molecule has 19 heavy (non-hydrogen) atoms. The number of pyridine rings is 1. The number of carboxylic acids is 1. The van der Waals surface area contributed by atoms with Crippen molar-refractivity contribution in [1.82, 2.24) is 9.88 Å². The van der Waals surface area contributed by atoms with Gasteiger partial charge in [-0.1, -0.05) is 12.8 Å². The molecule has 1 aromatic rings. The molecule has 1 saturated carbocycles. The van der Waals surface area contributed by atoms with Crippen LogP contribution in [0.2, 0.25) is 0 Å². The first kappa shape index (κ1) is 13.5. The zero-order valence-electron chi connectivity index (χ0n) is 10.7. The Bertz CT molecular complexity index is 490. The molecule has 1 aliphatic rings. The lowest BCUT2D eigenvalue weighted by Crippen LogP contribution is -2.37. The third-order valence-corrected chi connectivity index (χ3v) is 3.50. The molecule has 0 aromatic carbocycles. The molecule has 1 N–H and O–H groups in total. The van der Waals surface area contributed by atoms with Crippen LogP contribution in [0.1, 0.15) is 36.9 Å². The maximum absolute atomic E-state index is 11.0. The average molecular weight is 259 g/mol. The summed E-state index contributed by atoms with van der Waals surface area (Å²) in [6, 6.07) is 5.91. The molecule has 1 aliphatic carbocycles. The molecule has 0 unspecified atom stereocenters. The van der Waals surface area contributed by atoms with Gasteiger partial charge in [-0.2, -0.15) is 5.26 Å². The van der Waals surface area contributed by atoms with Gasteiger partial charge >= 0.3 is 5.97 Å². The van der Waals surface area contributed by atoms with Crippen molar-refractivity contribution in [2.45, 2.75) is 38.3 Å². The van der Waals surface area contributed by atoms with Crippen LogP contribution < -0.4 is 0 Å². The highest BCUT2D eigenvalue weighted by molar-refractivity contribution is 5.69. The van der Waals surface area contributed by atoms with E-state index < -0.39 is 5.97 Å². The Hall–Kier alpha value is -1.93. The smallest absolute Gasteiger partial charge is 0.317 e. The van der Waals surface area contributed by atoms with E-state index in [1.54, 1.807) is 12.3 Å². The second-order valence-corrected chi connectivity index (χ2v) is 4.90. The monoisotopic (exact) mass is 259 g/mol. The number of nitriles is 1. The Balaban J connectivity index is 2.10. The van der Waals surface area contributed by atoms with Gasteiger partial charge < -0.3 is 5.11 Å². The van der Waals surface area contributed by atoms with Gasteiger partial charge in [-0.3, -0.25) is 9.69 Å². The SMILES string of the molecule is N#Cc1cc(CN(CC(=O)O)C2CCCC2)ccn1. The summed E-state index contributed by atoms with van der Waals surface area (Å²) in [5.74, 6) is -0.804. The number of nitrogens with zero attached hydrogens (tertiary/aromatic N) is 3. The Morgan fingerprint density at radius 2 is 2.26 bits per heavy atom. The van der Waals surface area contributed by atoms with Gasteiger partial charge in [0.1, 0.15) is 11.8 Å². The van der Waals surface area contributed by atoms with Crippen molar-refractivity contribution in [2.75, 3.05) is 6.54 Å². The minimum absolute atomic E-state index is 0.0505. The van der Waals surface area contributed by atoms with E-state index in [0.717, 1.165) is 18.4 Å². The number of aliphatic carboxylic acids is 1. The van der Waals surface area contributed by atoms with Gasteiger partial charge in [0.25, 0.3) is 0 Å². The minimum atomic E-state index is -0.804. The third kappa shape index (κ3) is 3.76. The van der Waals surface area contributed by atoms with Gasteiger partial charge in [0, 0.05) is 18.8 Å². The van der Waals surface area contributed by atoms with Crippen LogP contribution in [0.4, 0.5) is 0 Å². The largest absolute Gasteiger partial charge is 0.480 e. The molecular weight excluding hydrogens is 242 g/mol. The Labute approximate surface area is 112 Å². The second kappa shape index (κ2) is 6.30. The van der Waals surface area contributed by atoms with Crippen LogP contribution in [0.3, 0.4) is 0 Å². The highest BCUT2D eigenvalue weighted by Gasteiger charge is 2.24. The van der Waals surface area contributed by atoms with Crippen LogP contribution in [-0.4, -0.2) is 33.5 Å². The maximum atomic E-state index is 11.0. The molecule has 0 spiro atoms. The summed E-state index contributed by atoms with van der Waals surface area (Å²) in [5, 5.41) is 17.8. The number of hydrogen-bond donors (Lipinski definition) is 1. The van der Waals surface area contributed by atoms with Crippen LogP contribution >= 0.6 is 0 Å². The summed E-state index contributed by atoms with van der Waals surface area (Å²) >= 11 is 0. The molecule has 0 amide bonds. The third-order valence-electron chi connectivity index (χ3n) is 3.50. The molecule has 1 aromatic heterocycles. The molecule has 1 fully saturated rings. The van der Waals surface area contributed by atoms with Crippen molar-refractivity contribution in [3.8, 4) is 6.07 Å². The average Bonchev–Trinajstić information content (AvgIpc) is 2.91. The normalized spacial score (nSPS) is 15.6. The molecule has 0 aliphatic heterocycles. The van der Waals surface area contributed by atoms with E-state index in [9.17, 15) is 4.79 Å². The van der Waals surface area contributed by atoms with Gasteiger partial charge in [-0.25, -0.2) is 4.98 Å². The minimum Gasteiger partial charge on any atom is -0.480 e.